The third kappa shape index (κ3) is 5.46. The largest absolute Gasteiger partial charge is 0.462 e. The Morgan fingerprint density at radius 3 is 2.64 bits per heavy atom. The van der Waals surface area contributed by atoms with E-state index >= 15 is 0 Å². The fourth-order valence-electron chi connectivity index (χ4n) is 3.45. The van der Waals surface area contributed by atoms with Crippen molar-refractivity contribution >= 4 is 5.97 Å². The molecule has 0 bridgehead atoms. The average molecular weight is 348 g/mol. The predicted molar refractivity (Wildman–Crippen MR) is 98.6 cm³/mol. The molecule has 0 heterocycles. The molecule has 1 saturated carbocycles. The normalized spacial score (nSPS) is 21.0. The lowest BCUT2D eigenvalue weighted by Crippen LogP contribution is -2.34. The van der Waals surface area contributed by atoms with Crippen molar-refractivity contribution in [2.24, 2.45) is 5.92 Å². The summed E-state index contributed by atoms with van der Waals surface area (Å²) in [5, 5.41) is 10.5. The lowest BCUT2D eigenvalue weighted by atomic mass is 9.89. The molecule has 4 nitrogen and oxygen atoms in total. The van der Waals surface area contributed by atoms with Crippen molar-refractivity contribution in [1.29, 1.82) is 0 Å². The number of ether oxygens (including phenoxy) is 2. The monoisotopic (exact) mass is 348 g/mol. The smallest absolute Gasteiger partial charge is 0.310 e. The first kappa shape index (κ1) is 19.8. The Hall–Kier alpha value is -1.55. The molecule has 0 aliphatic heterocycles. The molecular weight excluding hydrogens is 316 g/mol. The van der Waals surface area contributed by atoms with Gasteiger partial charge in [0.05, 0.1) is 6.42 Å². The van der Waals surface area contributed by atoms with Gasteiger partial charge in [-0.25, -0.2) is 0 Å². The first-order chi connectivity index (χ1) is 11.9. The summed E-state index contributed by atoms with van der Waals surface area (Å²) in [6.07, 6.45) is 5.43. The van der Waals surface area contributed by atoms with Crippen molar-refractivity contribution in [2.45, 2.75) is 84.5 Å². The van der Waals surface area contributed by atoms with Crippen LogP contribution in [-0.4, -0.2) is 23.0 Å². The minimum Gasteiger partial charge on any atom is -0.462 e. The molecule has 1 aliphatic carbocycles. The van der Waals surface area contributed by atoms with E-state index in [2.05, 4.69) is 6.92 Å². The van der Waals surface area contributed by atoms with Gasteiger partial charge in [0.1, 0.15) is 11.9 Å². The highest BCUT2D eigenvalue weighted by Gasteiger charge is 2.27. The molecule has 4 heteroatoms. The summed E-state index contributed by atoms with van der Waals surface area (Å²) in [7, 11) is 0. The fourth-order valence-corrected chi connectivity index (χ4v) is 3.45. The molecule has 25 heavy (non-hydrogen) atoms. The van der Waals surface area contributed by atoms with Crippen LogP contribution in [0.5, 0.6) is 5.75 Å². The van der Waals surface area contributed by atoms with Gasteiger partial charge < -0.3 is 14.6 Å². The SMILES string of the molecule is CCC(O)(CC)Oc1c(C)cccc1CC(=O)OC1CCCC(C)C1. The van der Waals surface area contributed by atoms with Crippen LogP contribution in [-0.2, 0) is 16.0 Å². The Balaban J connectivity index is 2.08. The van der Waals surface area contributed by atoms with Gasteiger partial charge >= 0.3 is 5.97 Å². The van der Waals surface area contributed by atoms with Crippen LogP contribution in [0, 0.1) is 12.8 Å². The Morgan fingerprint density at radius 1 is 1.28 bits per heavy atom. The number of rotatable bonds is 7. The Labute approximate surface area is 151 Å². The molecule has 0 saturated heterocycles. The number of para-hydroxylation sites is 1. The van der Waals surface area contributed by atoms with Crippen molar-refractivity contribution < 1.29 is 19.4 Å². The number of aryl methyl sites for hydroxylation is 1. The van der Waals surface area contributed by atoms with Crippen LogP contribution in [0.4, 0.5) is 0 Å². The quantitative estimate of drug-likeness (QED) is 0.580. The van der Waals surface area contributed by atoms with Crippen LogP contribution < -0.4 is 4.74 Å². The van der Waals surface area contributed by atoms with Crippen LogP contribution in [0.25, 0.3) is 0 Å². The predicted octanol–water partition coefficient (Wildman–Crippen LogP) is 4.55. The fraction of sp³-hybridized carbons (Fsp3) is 0.667. The molecule has 1 aliphatic rings. The standard InChI is InChI=1S/C21H32O4/c1-5-21(23,6-2)25-20-16(4)10-8-11-17(20)14-19(22)24-18-12-7-9-15(3)13-18/h8,10-11,15,18,23H,5-7,9,12-14H2,1-4H3. The van der Waals surface area contributed by atoms with E-state index in [0.717, 1.165) is 30.4 Å². The van der Waals surface area contributed by atoms with E-state index in [1.807, 2.05) is 39.0 Å². The summed E-state index contributed by atoms with van der Waals surface area (Å²) >= 11 is 0. The summed E-state index contributed by atoms with van der Waals surface area (Å²) in [5.41, 5.74) is 1.69. The van der Waals surface area contributed by atoms with Gasteiger partial charge in [-0.15, -0.1) is 0 Å². The maximum atomic E-state index is 12.4. The maximum absolute atomic E-state index is 12.4. The molecule has 1 fully saturated rings. The number of hydrogen-bond donors (Lipinski definition) is 1. The summed E-state index contributed by atoms with van der Waals surface area (Å²) < 4.78 is 11.6. The molecule has 2 rings (SSSR count). The highest BCUT2D eigenvalue weighted by molar-refractivity contribution is 5.74. The summed E-state index contributed by atoms with van der Waals surface area (Å²) in [6, 6.07) is 5.71. The van der Waals surface area contributed by atoms with Crippen molar-refractivity contribution in [2.75, 3.05) is 0 Å². The molecule has 0 aromatic heterocycles. The molecule has 0 radical (unpaired) electrons. The maximum Gasteiger partial charge on any atom is 0.310 e. The highest BCUT2D eigenvalue weighted by Crippen LogP contribution is 2.31. The third-order valence-electron chi connectivity index (χ3n) is 5.21. The number of carbonyl (C=O) groups excluding carboxylic acids is 1. The summed E-state index contributed by atoms with van der Waals surface area (Å²) in [4.78, 5) is 12.4. The van der Waals surface area contributed by atoms with Crippen LogP contribution in [0.2, 0.25) is 0 Å². The number of benzene rings is 1. The summed E-state index contributed by atoms with van der Waals surface area (Å²) in [6.45, 7) is 7.92. The van der Waals surface area contributed by atoms with Gasteiger partial charge in [0.2, 0.25) is 5.79 Å². The second kappa shape index (κ2) is 8.70. The summed E-state index contributed by atoms with van der Waals surface area (Å²) in [5.74, 6) is -0.203. The molecule has 140 valence electrons. The molecule has 0 amide bonds. The highest BCUT2D eigenvalue weighted by atomic mass is 16.6. The lowest BCUT2D eigenvalue weighted by molar-refractivity contribution is -0.151. The van der Waals surface area contributed by atoms with Crippen molar-refractivity contribution in [1.82, 2.24) is 0 Å². The molecule has 2 atom stereocenters. The Morgan fingerprint density at radius 2 is 2.00 bits per heavy atom. The Bertz CT molecular complexity index is 577. The molecular formula is C21H32O4. The van der Waals surface area contributed by atoms with E-state index in [1.165, 1.54) is 6.42 Å². The van der Waals surface area contributed by atoms with Crippen LogP contribution >= 0.6 is 0 Å². The molecule has 1 N–H and O–H groups in total. The van der Waals surface area contributed by atoms with Crippen molar-refractivity contribution in [3.63, 3.8) is 0 Å². The third-order valence-corrected chi connectivity index (χ3v) is 5.21. The number of esters is 1. The average Bonchev–Trinajstić information content (AvgIpc) is 2.58. The van der Waals surface area contributed by atoms with E-state index in [9.17, 15) is 9.90 Å². The van der Waals surface area contributed by atoms with Crippen LogP contribution in [0.15, 0.2) is 18.2 Å². The second-order valence-electron chi connectivity index (χ2n) is 7.38. The first-order valence-electron chi connectivity index (χ1n) is 9.56. The van der Waals surface area contributed by atoms with Gasteiger partial charge in [-0.2, -0.15) is 0 Å². The molecule has 2 unspecified atom stereocenters. The number of carbonyl (C=O) groups is 1. The second-order valence-corrected chi connectivity index (χ2v) is 7.38. The van der Waals surface area contributed by atoms with Gasteiger partial charge in [0.15, 0.2) is 0 Å². The van der Waals surface area contributed by atoms with Crippen LogP contribution in [0.3, 0.4) is 0 Å². The van der Waals surface area contributed by atoms with E-state index in [0.29, 0.717) is 24.5 Å². The number of hydrogen-bond acceptors (Lipinski definition) is 4. The number of aliphatic hydroxyl groups is 1. The van der Waals surface area contributed by atoms with Gasteiger partial charge in [-0.1, -0.05) is 45.4 Å². The van der Waals surface area contributed by atoms with Gasteiger partial charge in [-0.05, 0) is 37.7 Å². The molecule has 0 spiro atoms. The zero-order valence-corrected chi connectivity index (χ0v) is 16.0. The van der Waals surface area contributed by atoms with E-state index in [1.54, 1.807) is 0 Å². The van der Waals surface area contributed by atoms with E-state index in [-0.39, 0.29) is 18.5 Å². The van der Waals surface area contributed by atoms with E-state index in [4.69, 9.17) is 9.47 Å². The topological polar surface area (TPSA) is 55.8 Å². The van der Waals surface area contributed by atoms with Gasteiger partial charge in [-0.3, -0.25) is 4.79 Å². The molecule has 1 aromatic rings. The van der Waals surface area contributed by atoms with E-state index < -0.39 is 5.79 Å². The van der Waals surface area contributed by atoms with Crippen molar-refractivity contribution in [3.05, 3.63) is 29.3 Å². The lowest BCUT2D eigenvalue weighted by Gasteiger charge is -2.29. The van der Waals surface area contributed by atoms with Gasteiger partial charge in [0, 0.05) is 18.4 Å². The zero-order valence-electron chi connectivity index (χ0n) is 16.0. The minimum atomic E-state index is -1.20. The van der Waals surface area contributed by atoms with Gasteiger partial charge in [0.25, 0.3) is 0 Å². The first-order valence-corrected chi connectivity index (χ1v) is 9.56. The van der Waals surface area contributed by atoms with Crippen molar-refractivity contribution in [3.8, 4) is 5.75 Å². The molecule has 1 aromatic carbocycles. The van der Waals surface area contributed by atoms with Crippen LogP contribution in [0.1, 0.15) is 70.4 Å². The minimum absolute atomic E-state index is 0.0358. The Kier molecular flexibility index (Phi) is 6.88. The zero-order chi connectivity index (χ0) is 18.4.